The van der Waals surface area contributed by atoms with Crippen molar-refractivity contribution in [1.29, 1.82) is 0 Å². The summed E-state index contributed by atoms with van der Waals surface area (Å²) in [5.74, 6) is 0.573. The monoisotopic (exact) mass is 219 g/mol. The molecule has 1 rings (SSSR count). The summed E-state index contributed by atoms with van der Waals surface area (Å²) < 4.78 is 0. The summed E-state index contributed by atoms with van der Waals surface area (Å²) in [6.45, 7) is 5.73. The van der Waals surface area contributed by atoms with Crippen LogP contribution in [-0.2, 0) is 0 Å². The van der Waals surface area contributed by atoms with E-state index in [1.807, 2.05) is 13.8 Å². The number of halogens is 2. The van der Waals surface area contributed by atoms with Crippen molar-refractivity contribution >= 4 is 28.9 Å². The van der Waals surface area contributed by atoms with Gasteiger partial charge in [-0.3, -0.25) is 0 Å². The van der Waals surface area contributed by atoms with Crippen LogP contribution in [0, 0.1) is 6.92 Å². The maximum Gasteiger partial charge on any atom is 0.157 e. The average molecular weight is 220 g/mol. The Bertz CT molecular complexity index is 289. The average Bonchev–Trinajstić information content (AvgIpc) is 1.96. The van der Waals surface area contributed by atoms with E-state index in [1.165, 1.54) is 0 Å². The number of hydrogen-bond acceptors (Lipinski definition) is 3. The molecule has 0 aliphatic rings. The molecule has 0 aliphatic carbocycles. The second kappa shape index (κ2) is 4.11. The SMILES string of the molecule is Cc1nc(Cl)c(NC(C)C)c(Cl)n1. The minimum Gasteiger partial charge on any atom is -0.378 e. The number of aromatic nitrogens is 2. The summed E-state index contributed by atoms with van der Waals surface area (Å²) in [5, 5.41) is 3.81. The third kappa shape index (κ3) is 2.71. The molecule has 0 radical (unpaired) electrons. The molecule has 1 aromatic heterocycles. The van der Waals surface area contributed by atoms with E-state index in [2.05, 4.69) is 15.3 Å². The van der Waals surface area contributed by atoms with Gasteiger partial charge in [0.15, 0.2) is 10.3 Å². The quantitative estimate of drug-likeness (QED) is 0.778. The van der Waals surface area contributed by atoms with E-state index in [9.17, 15) is 0 Å². The molecule has 0 aromatic carbocycles. The van der Waals surface area contributed by atoms with E-state index in [0.717, 1.165) is 0 Å². The van der Waals surface area contributed by atoms with Crippen molar-refractivity contribution in [2.45, 2.75) is 26.8 Å². The van der Waals surface area contributed by atoms with E-state index >= 15 is 0 Å². The van der Waals surface area contributed by atoms with Gasteiger partial charge in [-0.15, -0.1) is 0 Å². The van der Waals surface area contributed by atoms with Crippen LogP contribution in [0.5, 0.6) is 0 Å². The molecule has 0 saturated heterocycles. The van der Waals surface area contributed by atoms with Crippen LogP contribution in [-0.4, -0.2) is 16.0 Å². The highest BCUT2D eigenvalue weighted by Gasteiger charge is 2.10. The molecule has 0 atom stereocenters. The lowest BCUT2D eigenvalue weighted by molar-refractivity contribution is 0.891. The third-order valence-corrected chi connectivity index (χ3v) is 1.91. The zero-order chi connectivity index (χ0) is 10.0. The molecule has 5 heteroatoms. The van der Waals surface area contributed by atoms with Gasteiger partial charge in [0.25, 0.3) is 0 Å². The predicted octanol–water partition coefficient (Wildman–Crippen LogP) is 2.91. The molecule has 72 valence electrons. The molecule has 0 bridgehead atoms. The fraction of sp³-hybridized carbons (Fsp3) is 0.500. The molecule has 1 heterocycles. The van der Waals surface area contributed by atoms with Gasteiger partial charge in [0.2, 0.25) is 0 Å². The van der Waals surface area contributed by atoms with E-state index < -0.39 is 0 Å². The molecule has 0 amide bonds. The Labute approximate surface area is 87.5 Å². The second-order valence-electron chi connectivity index (χ2n) is 3.03. The van der Waals surface area contributed by atoms with E-state index in [1.54, 1.807) is 6.92 Å². The summed E-state index contributed by atoms with van der Waals surface area (Å²) >= 11 is 11.8. The van der Waals surface area contributed by atoms with Crippen molar-refractivity contribution in [3.05, 3.63) is 16.1 Å². The highest BCUT2D eigenvalue weighted by atomic mass is 35.5. The number of aryl methyl sites for hydroxylation is 1. The van der Waals surface area contributed by atoms with Crippen LogP contribution in [0.15, 0.2) is 0 Å². The summed E-state index contributed by atoms with van der Waals surface area (Å²) in [6, 6.07) is 0.251. The van der Waals surface area contributed by atoms with Crippen molar-refractivity contribution in [3.63, 3.8) is 0 Å². The fourth-order valence-corrected chi connectivity index (χ4v) is 1.49. The van der Waals surface area contributed by atoms with Crippen LogP contribution in [0.1, 0.15) is 19.7 Å². The van der Waals surface area contributed by atoms with Gasteiger partial charge in [0, 0.05) is 6.04 Å². The first-order valence-electron chi connectivity index (χ1n) is 3.97. The van der Waals surface area contributed by atoms with Gasteiger partial charge in [-0.25, -0.2) is 9.97 Å². The van der Waals surface area contributed by atoms with E-state index in [-0.39, 0.29) is 6.04 Å². The van der Waals surface area contributed by atoms with Gasteiger partial charge < -0.3 is 5.32 Å². The van der Waals surface area contributed by atoms with Crippen LogP contribution in [0.3, 0.4) is 0 Å². The number of anilines is 1. The standard InChI is InChI=1S/C8H11Cl2N3/c1-4(2)11-6-7(9)12-5(3)13-8(6)10/h4,11H,1-3H3. The molecule has 1 aromatic rings. The Morgan fingerprint density at radius 3 is 2.00 bits per heavy atom. The van der Waals surface area contributed by atoms with Gasteiger partial charge in [0.05, 0.1) is 0 Å². The first kappa shape index (κ1) is 10.5. The number of nitrogens with zero attached hydrogens (tertiary/aromatic N) is 2. The molecule has 0 saturated carbocycles. The Morgan fingerprint density at radius 2 is 1.62 bits per heavy atom. The number of rotatable bonds is 2. The van der Waals surface area contributed by atoms with Crippen LogP contribution in [0.4, 0.5) is 5.69 Å². The first-order chi connectivity index (χ1) is 6.00. The maximum atomic E-state index is 5.88. The molecule has 0 aliphatic heterocycles. The predicted molar refractivity (Wildman–Crippen MR) is 55.5 cm³/mol. The molecule has 13 heavy (non-hydrogen) atoms. The van der Waals surface area contributed by atoms with Gasteiger partial charge >= 0.3 is 0 Å². The Hall–Kier alpha value is -0.540. The van der Waals surface area contributed by atoms with Crippen molar-refractivity contribution in [1.82, 2.24) is 9.97 Å². The smallest absolute Gasteiger partial charge is 0.157 e. The Balaban J connectivity index is 3.06. The van der Waals surface area contributed by atoms with Gasteiger partial charge in [-0.05, 0) is 20.8 Å². The molecular formula is C8H11Cl2N3. The van der Waals surface area contributed by atoms with Gasteiger partial charge in [-0.1, -0.05) is 23.2 Å². The lowest BCUT2D eigenvalue weighted by atomic mass is 10.3. The maximum absolute atomic E-state index is 5.88. The largest absolute Gasteiger partial charge is 0.378 e. The van der Waals surface area contributed by atoms with Crippen LogP contribution < -0.4 is 5.32 Å². The lowest BCUT2D eigenvalue weighted by Gasteiger charge is -2.12. The molecule has 1 N–H and O–H groups in total. The van der Waals surface area contributed by atoms with E-state index in [0.29, 0.717) is 21.8 Å². The van der Waals surface area contributed by atoms with Crippen molar-refractivity contribution in [2.75, 3.05) is 5.32 Å². The normalized spacial score (nSPS) is 10.6. The second-order valence-corrected chi connectivity index (χ2v) is 3.74. The highest BCUT2D eigenvalue weighted by molar-refractivity contribution is 6.37. The summed E-state index contributed by atoms with van der Waals surface area (Å²) in [6.07, 6.45) is 0. The Kier molecular flexibility index (Phi) is 3.33. The summed E-state index contributed by atoms with van der Waals surface area (Å²) in [7, 11) is 0. The molecule has 3 nitrogen and oxygen atoms in total. The van der Waals surface area contributed by atoms with Crippen LogP contribution in [0.2, 0.25) is 10.3 Å². The molecule has 0 fully saturated rings. The zero-order valence-corrected chi connectivity index (χ0v) is 9.24. The van der Waals surface area contributed by atoms with Gasteiger partial charge in [0.1, 0.15) is 11.5 Å². The molecular weight excluding hydrogens is 209 g/mol. The van der Waals surface area contributed by atoms with Crippen LogP contribution >= 0.6 is 23.2 Å². The molecule has 0 unspecified atom stereocenters. The lowest BCUT2D eigenvalue weighted by Crippen LogP contribution is -2.12. The fourth-order valence-electron chi connectivity index (χ4n) is 0.914. The molecule has 0 spiro atoms. The zero-order valence-electron chi connectivity index (χ0n) is 7.73. The highest BCUT2D eigenvalue weighted by Crippen LogP contribution is 2.27. The van der Waals surface area contributed by atoms with Crippen molar-refractivity contribution < 1.29 is 0 Å². The summed E-state index contributed by atoms with van der Waals surface area (Å²) in [5.41, 5.74) is 0.601. The minimum absolute atomic E-state index is 0.251. The topological polar surface area (TPSA) is 37.8 Å². The number of hydrogen-bond donors (Lipinski definition) is 1. The van der Waals surface area contributed by atoms with Crippen molar-refractivity contribution in [2.24, 2.45) is 0 Å². The first-order valence-corrected chi connectivity index (χ1v) is 4.72. The Morgan fingerprint density at radius 1 is 1.15 bits per heavy atom. The number of nitrogens with one attached hydrogen (secondary N) is 1. The van der Waals surface area contributed by atoms with Gasteiger partial charge in [-0.2, -0.15) is 0 Å². The summed E-state index contributed by atoms with van der Waals surface area (Å²) in [4.78, 5) is 7.99. The van der Waals surface area contributed by atoms with Crippen LogP contribution in [0.25, 0.3) is 0 Å². The van der Waals surface area contributed by atoms with E-state index in [4.69, 9.17) is 23.2 Å². The third-order valence-electron chi connectivity index (χ3n) is 1.37. The van der Waals surface area contributed by atoms with Crippen molar-refractivity contribution in [3.8, 4) is 0 Å². The minimum atomic E-state index is 0.251.